The monoisotopic (exact) mass is 452 g/mol. The molecule has 1 atom stereocenters. The topological polar surface area (TPSA) is 84.3 Å². The van der Waals surface area contributed by atoms with Crippen molar-refractivity contribution in [3.05, 3.63) is 18.2 Å². The van der Waals surface area contributed by atoms with E-state index in [1.54, 1.807) is 12.1 Å². The molecule has 1 aromatic heterocycles. The van der Waals surface area contributed by atoms with Crippen LogP contribution in [0.25, 0.3) is 11.0 Å². The molecule has 0 radical (unpaired) electrons. The lowest BCUT2D eigenvalue weighted by atomic mass is 10.3. The molecule has 2 aromatic rings. The van der Waals surface area contributed by atoms with E-state index < -0.39 is 10.0 Å². The second-order valence-corrected chi connectivity index (χ2v) is 10.9. The highest BCUT2D eigenvalue weighted by Gasteiger charge is 2.27. The second kappa shape index (κ2) is 9.70. The van der Waals surface area contributed by atoms with Gasteiger partial charge in [0.05, 0.1) is 21.2 Å². The second-order valence-electron chi connectivity index (χ2n) is 7.68. The Labute approximate surface area is 183 Å². The summed E-state index contributed by atoms with van der Waals surface area (Å²) >= 11 is 1.43. The van der Waals surface area contributed by atoms with E-state index in [-0.39, 0.29) is 16.1 Å². The van der Waals surface area contributed by atoms with E-state index in [1.807, 2.05) is 26.8 Å². The Morgan fingerprint density at radius 2 is 2.00 bits per heavy atom. The van der Waals surface area contributed by atoms with Crippen LogP contribution < -0.4 is 5.32 Å². The number of carbonyl (C=O) groups is 1. The predicted octanol–water partition coefficient (Wildman–Crippen LogP) is 3.63. The number of thioether (sulfide) groups is 1. The van der Waals surface area contributed by atoms with E-state index in [1.165, 1.54) is 16.1 Å². The van der Waals surface area contributed by atoms with Crippen LogP contribution in [0.2, 0.25) is 0 Å². The lowest BCUT2D eigenvalue weighted by molar-refractivity contribution is -0.120. The first-order valence-electron chi connectivity index (χ1n) is 10.8. The molecule has 1 aliphatic carbocycles. The lowest BCUT2D eigenvalue weighted by Crippen LogP contribution is -2.32. The number of imidazole rings is 1. The fourth-order valence-electron chi connectivity index (χ4n) is 3.34. The number of nitrogens with one attached hydrogen (secondary N) is 1. The zero-order valence-corrected chi connectivity index (χ0v) is 19.9. The van der Waals surface area contributed by atoms with Gasteiger partial charge in [-0.25, -0.2) is 13.4 Å². The summed E-state index contributed by atoms with van der Waals surface area (Å²) in [6, 6.07) is 5.49. The molecule has 1 fully saturated rings. The van der Waals surface area contributed by atoms with Gasteiger partial charge in [0.1, 0.15) is 0 Å². The molecule has 1 heterocycles. The Hall–Kier alpha value is -1.58. The summed E-state index contributed by atoms with van der Waals surface area (Å²) in [6.45, 7) is 9.33. The third-order valence-corrected chi connectivity index (χ3v) is 8.47. The highest BCUT2D eigenvalue weighted by Crippen LogP contribution is 2.30. The smallest absolute Gasteiger partial charge is 0.243 e. The number of hydrogen-bond donors (Lipinski definition) is 1. The van der Waals surface area contributed by atoms with Crippen molar-refractivity contribution in [1.82, 2.24) is 19.2 Å². The summed E-state index contributed by atoms with van der Waals surface area (Å²) in [7, 11) is -3.54. The first-order valence-corrected chi connectivity index (χ1v) is 13.1. The number of amides is 1. The van der Waals surface area contributed by atoms with Gasteiger partial charge in [0.25, 0.3) is 0 Å². The van der Waals surface area contributed by atoms with Gasteiger partial charge in [-0.2, -0.15) is 4.31 Å². The van der Waals surface area contributed by atoms with Crippen LogP contribution in [0.4, 0.5) is 0 Å². The summed E-state index contributed by atoms with van der Waals surface area (Å²) < 4.78 is 29.4. The maximum atomic E-state index is 12.9. The molecule has 1 saturated carbocycles. The number of hydrogen-bond acceptors (Lipinski definition) is 5. The third-order valence-electron chi connectivity index (χ3n) is 5.34. The molecule has 1 aromatic carbocycles. The molecule has 30 heavy (non-hydrogen) atoms. The summed E-state index contributed by atoms with van der Waals surface area (Å²) in [5.41, 5.74) is 1.55. The molecule has 0 spiro atoms. The van der Waals surface area contributed by atoms with E-state index in [4.69, 9.17) is 4.98 Å². The summed E-state index contributed by atoms with van der Waals surface area (Å²) in [5, 5.41) is 3.54. The molecule has 0 saturated heterocycles. The molecule has 7 nitrogen and oxygen atoms in total. The van der Waals surface area contributed by atoms with E-state index >= 15 is 0 Å². The number of aromatic nitrogens is 2. The Bertz CT molecular complexity index is 995. The molecule has 1 unspecified atom stereocenters. The van der Waals surface area contributed by atoms with E-state index in [2.05, 4.69) is 16.8 Å². The fourth-order valence-corrected chi connectivity index (χ4v) is 5.78. The molecule has 0 aliphatic heterocycles. The average Bonchev–Trinajstić information content (AvgIpc) is 3.46. The number of nitrogens with zero attached hydrogens (tertiary/aromatic N) is 3. The van der Waals surface area contributed by atoms with Crippen molar-refractivity contribution in [1.29, 1.82) is 0 Å². The van der Waals surface area contributed by atoms with Crippen LogP contribution in [-0.4, -0.2) is 52.6 Å². The number of sulfonamides is 1. The van der Waals surface area contributed by atoms with E-state index in [9.17, 15) is 13.2 Å². The Kier molecular flexibility index (Phi) is 7.47. The molecule has 9 heteroatoms. The molecule has 0 bridgehead atoms. The van der Waals surface area contributed by atoms with Gasteiger partial charge in [-0.1, -0.05) is 39.0 Å². The minimum Gasteiger partial charge on any atom is -0.352 e. The minimum atomic E-state index is -3.54. The highest BCUT2D eigenvalue weighted by molar-refractivity contribution is 8.00. The van der Waals surface area contributed by atoms with Crippen LogP contribution in [0, 0.1) is 0 Å². The number of unbranched alkanes of at least 4 members (excludes halogenated alkanes) is 1. The van der Waals surface area contributed by atoms with Crippen LogP contribution in [0.3, 0.4) is 0 Å². The van der Waals surface area contributed by atoms with Crippen LogP contribution in [0.5, 0.6) is 0 Å². The van der Waals surface area contributed by atoms with E-state index in [0.717, 1.165) is 42.9 Å². The minimum absolute atomic E-state index is 0.0291. The van der Waals surface area contributed by atoms with Crippen molar-refractivity contribution in [2.45, 2.75) is 81.3 Å². The predicted molar refractivity (Wildman–Crippen MR) is 121 cm³/mol. The Morgan fingerprint density at radius 3 is 2.60 bits per heavy atom. The van der Waals surface area contributed by atoms with Crippen molar-refractivity contribution in [3.63, 3.8) is 0 Å². The Morgan fingerprint density at radius 1 is 1.30 bits per heavy atom. The largest absolute Gasteiger partial charge is 0.352 e. The summed E-state index contributed by atoms with van der Waals surface area (Å²) in [6.07, 6.45) is 4.14. The number of fused-ring (bicyclic) bond motifs is 1. The van der Waals surface area contributed by atoms with Crippen LogP contribution >= 0.6 is 11.8 Å². The van der Waals surface area contributed by atoms with Gasteiger partial charge in [0.15, 0.2) is 5.16 Å². The average molecular weight is 453 g/mol. The van der Waals surface area contributed by atoms with Crippen molar-refractivity contribution in [2.75, 3.05) is 13.1 Å². The summed E-state index contributed by atoms with van der Waals surface area (Å²) in [5.74, 6) is 0.0291. The standard InChI is InChI=1S/C21H32N4O3S2/c1-5-8-13-25-19-12-11-17(30(27,28)24(6-2)7-3)14-18(19)23-21(25)29-15(4)20(26)22-16-9-10-16/h11-12,14-16H,5-10,13H2,1-4H3,(H,22,26). The number of carbonyl (C=O) groups excluding carboxylic acids is 1. The normalized spacial score (nSPS) is 15.6. The van der Waals surface area contributed by atoms with Crippen molar-refractivity contribution in [2.24, 2.45) is 0 Å². The van der Waals surface area contributed by atoms with Crippen LogP contribution in [-0.2, 0) is 21.4 Å². The van der Waals surface area contributed by atoms with E-state index in [0.29, 0.717) is 24.6 Å². The highest BCUT2D eigenvalue weighted by atomic mass is 32.2. The SMILES string of the molecule is CCCCn1c(SC(C)C(=O)NC2CC2)nc2cc(S(=O)(=O)N(CC)CC)ccc21. The molecular formula is C21H32N4O3S2. The van der Waals surface area contributed by atoms with Crippen LogP contribution in [0.15, 0.2) is 28.3 Å². The fraction of sp³-hybridized carbons (Fsp3) is 0.619. The summed E-state index contributed by atoms with van der Waals surface area (Å²) in [4.78, 5) is 17.4. The van der Waals surface area contributed by atoms with Crippen molar-refractivity contribution < 1.29 is 13.2 Å². The molecule has 1 N–H and O–H groups in total. The number of benzene rings is 1. The van der Waals surface area contributed by atoms with Gasteiger partial charge in [-0.05, 0) is 44.4 Å². The van der Waals surface area contributed by atoms with Gasteiger partial charge < -0.3 is 9.88 Å². The van der Waals surface area contributed by atoms with Gasteiger partial charge in [0, 0.05) is 25.7 Å². The van der Waals surface area contributed by atoms with Crippen LogP contribution in [0.1, 0.15) is 53.4 Å². The van der Waals surface area contributed by atoms with Gasteiger partial charge in [-0.3, -0.25) is 4.79 Å². The third kappa shape index (κ3) is 5.00. The number of aryl methyl sites for hydroxylation is 1. The molecule has 166 valence electrons. The van der Waals surface area contributed by atoms with Gasteiger partial charge >= 0.3 is 0 Å². The maximum Gasteiger partial charge on any atom is 0.243 e. The molecule has 1 amide bonds. The maximum absolute atomic E-state index is 12.9. The molecule has 3 rings (SSSR count). The van der Waals surface area contributed by atoms with Gasteiger partial charge in [0.2, 0.25) is 15.9 Å². The zero-order chi connectivity index (χ0) is 21.9. The molecular weight excluding hydrogens is 420 g/mol. The first kappa shape index (κ1) is 23.1. The Balaban J connectivity index is 1.94. The lowest BCUT2D eigenvalue weighted by Gasteiger charge is -2.18. The quantitative estimate of drug-likeness (QED) is 0.526. The number of rotatable bonds is 11. The zero-order valence-electron chi connectivity index (χ0n) is 18.2. The van der Waals surface area contributed by atoms with Crippen molar-refractivity contribution >= 4 is 38.7 Å². The first-order chi connectivity index (χ1) is 14.3. The van der Waals surface area contributed by atoms with Gasteiger partial charge in [-0.15, -0.1) is 0 Å². The van der Waals surface area contributed by atoms with Crippen molar-refractivity contribution in [3.8, 4) is 0 Å². The molecule has 1 aliphatic rings.